The fourth-order valence-corrected chi connectivity index (χ4v) is 1.59. The van der Waals surface area contributed by atoms with Crippen molar-refractivity contribution in [3.8, 4) is 5.75 Å². The van der Waals surface area contributed by atoms with Gasteiger partial charge in [0.2, 0.25) is 0 Å². The van der Waals surface area contributed by atoms with Crippen LogP contribution in [-0.4, -0.2) is 18.7 Å². The molecule has 3 heteroatoms. The third-order valence-electron chi connectivity index (χ3n) is 2.39. The maximum atomic E-state index is 11.6. The number of aryl methyl sites for hydroxylation is 2. The molecule has 0 fully saturated rings. The van der Waals surface area contributed by atoms with E-state index in [1.165, 1.54) is 0 Å². The lowest BCUT2D eigenvalue weighted by atomic mass is 10.00. The number of carbonyl (C=O) groups is 2. The molecule has 0 atom stereocenters. The first kappa shape index (κ1) is 12.4. The lowest BCUT2D eigenvalue weighted by Gasteiger charge is -2.11. The summed E-state index contributed by atoms with van der Waals surface area (Å²) in [5, 5.41) is 0. The van der Waals surface area contributed by atoms with E-state index in [4.69, 9.17) is 4.74 Å². The van der Waals surface area contributed by atoms with Crippen molar-refractivity contribution in [1.29, 1.82) is 0 Å². The molecule has 0 aliphatic heterocycles. The van der Waals surface area contributed by atoms with Crippen molar-refractivity contribution in [2.45, 2.75) is 27.2 Å². The molecule has 0 aromatic heterocycles. The predicted octanol–water partition coefficient (Wildman–Crippen LogP) is 2.47. The molecular weight excluding hydrogens is 204 g/mol. The van der Waals surface area contributed by atoms with E-state index in [1.807, 2.05) is 26.8 Å². The second-order valence-corrected chi connectivity index (χ2v) is 3.66. The van der Waals surface area contributed by atoms with Gasteiger partial charge >= 0.3 is 0 Å². The molecular formula is C13H16O3. The lowest BCUT2D eigenvalue weighted by Crippen LogP contribution is -2.04. The van der Waals surface area contributed by atoms with Crippen molar-refractivity contribution in [3.63, 3.8) is 0 Å². The highest BCUT2D eigenvalue weighted by molar-refractivity contribution is 6.03. The molecule has 3 nitrogen and oxygen atoms in total. The van der Waals surface area contributed by atoms with Crippen LogP contribution in [0.5, 0.6) is 5.75 Å². The summed E-state index contributed by atoms with van der Waals surface area (Å²) in [6, 6.07) is 3.63. The van der Waals surface area contributed by atoms with Gasteiger partial charge in [-0.15, -0.1) is 0 Å². The Balaban J connectivity index is 3.09. The summed E-state index contributed by atoms with van der Waals surface area (Å²) in [4.78, 5) is 21.9. The van der Waals surface area contributed by atoms with Crippen molar-refractivity contribution in [1.82, 2.24) is 0 Å². The molecule has 16 heavy (non-hydrogen) atoms. The number of carbonyl (C=O) groups excluding carboxylic acids is 2. The van der Waals surface area contributed by atoms with E-state index >= 15 is 0 Å². The van der Waals surface area contributed by atoms with E-state index in [1.54, 1.807) is 6.07 Å². The van der Waals surface area contributed by atoms with Crippen LogP contribution in [0.15, 0.2) is 12.1 Å². The maximum absolute atomic E-state index is 11.6. The molecule has 86 valence electrons. The number of rotatable bonds is 5. The smallest absolute Gasteiger partial charge is 0.170 e. The zero-order valence-corrected chi connectivity index (χ0v) is 9.87. The van der Waals surface area contributed by atoms with Gasteiger partial charge in [-0.05, 0) is 44.0 Å². The summed E-state index contributed by atoms with van der Waals surface area (Å²) in [6.45, 7) is 6.25. The van der Waals surface area contributed by atoms with Crippen molar-refractivity contribution in [3.05, 3.63) is 28.8 Å². The Kier molecular flexibility index (Phi) is 4.23. The van der Waals surface area contributed by atoms with Crippen molar-refractivity contribution in [2.75, 3.05) is 6.61 Å². The minimum Gasteiger partial charge on any atom is -0.494 e. The minimum atomic E-state index is -0.140. The number of hydrogen-bond donors (Lipinski definition) is 0. The highest BCUT2D eigenvalue weighted by Crippen LogP contribution is 2.23. The normalized spacial score (nSPS) is 9.94. The van der Waals surface area contributed by atoms with Gasteiger partial charge in [0.25, 0.3) is 0 Å². The third-order valence-corrected chi connectivity index (χ3v) is 2.39. The van der Waals surface area contributed by atoms with Gasteiger partial charge in [0.05, 0.1) is 13.0 Å². The summed E-state index contributed by atoms with van der Waals surface area (Å²) in [5.74, 6) is 0.654. The van der Waals surface area contributed by atoms with E-state index in [2.05, 4.69) is 0 Å². The van der Waals surface area contributed by atoms with Gasteiger partial charge in [-0.25, -0.2) is 0 Å². The summed E-state index contributed by atoms with van der Waals surface area (Å²) >= 11 is 0. The first-order chi connectivity index (χ1) is 7.60. The topological polar surface area (TPSA) is 43.4 Å². The van der Waals surface area contributed by atoms with Gasteiger partial charge < -0.3 is 9.53 Å². The molecule has 0 saturated heterocycles. The second-order valence-electron chi connectivity index (χ2n) is 3.66. The SMILES string of the molecule is CCOc1cc(C)c(C(=O)CC=O)cc1C. The Morgan fingerprint density at radius 2 is 2.00 bits per heavy atom. The molecule has 0 saturated carbocycles. The van der Waals surface area contributed by atoms with Crippen LogP contribution in [0, 0.1) is 13.8 Å². The molecule has 1 aromatic rings. The lowest BCUT2D eigenvalue weighted by molar-refractivity contribution is -0.107. The quantitative estimate of drug-likeness (QED) is 0.435. The first-order valence-electron chi connectivity index (χ1n) is 5.31. The Bertz CT molecular complexity index is 408. The Morgan fingerprint density at radius 3 is 2.56 bits per heavy atom. The van der Waals surface area contributed by atoms with Crippen LogP contribution in [-0.2, 0) is 4.79 Å². The zero-order chi connectivity index (χ0) is 12.1. The highest BCUT2D eigenvalue weighted by Gasteiger charge is 2.11. The van der Waals surface area contributed by atoms with Gasteiger partial charge in [-0.2, -0.15) is 0 Å². The maximum Gasteiger partial charge on any atom is 0.170 e. The minimum absolute atomic E-state index is 0.0612. The highest BCUT2D eigenvalue weighted by atomic mass is 16.5. The van der Waals surface area contributed by atoms with Crippen molar-refractivity contribution < 1.29 is 14.3 Å². The Hall–Kier alpha value is -1.64. The number of Topliss-reactive ketones (excluding diaryl/α,β-unsaturated/α-hetero) is 1. The van der Waals surface area contributed by atoms with E-state index in [-0.39, 0.29) is 12.2 Å². The van der Waals surface area contributed by atoms with Crippen LogP contribution in [0.25, 0.3) is 0 Å². The average Bonchev–Trinajstić information content (AvgIpc) is 2.23. The van der Waals surface area contributed by atoms with Crippen LogP contribution in [0.3, 0.4) is 0 Å². The van der Waals surface area contributed by atoms with Gasteiger partial charge in [-0.3, -0.25) is 4.79 Å². The standard InChI is InChI=1S/C13H16O3/c1-4-16-13-8-9(2)11(7-10(13)3)12(15)5-6-14/h6-8H,4-5H2,1-3H3. The summed E-state index contributed by atoms with van der Waals surface area (Å²) in [6.07, 6.45) is 0.571. The largest absolute Gasteiger partial charge is 0.494 e. The summed E-state index contributed by atoms with van der Waals surface area (Å²) < 4.78 is 5.43. The number of aldehydes is 1. The molecule has 0 bridgehead atoms. The van der Waals surface area contributed by atoms with Gasteiger partial charge in [0.1, 0.15) is 12.0 Å². The van der Waals surface area contributed by atoms with Crippen molar-refractivity contribution >= 4 is 12.1 Å². The summed E-state index contributed by atoms with van der Waals surface area (Å²) in [5.41, 5.74) is 2.37. The molecule has 0 unspecified atom stereocenters. The number of hydrogen-bond acceptors (Lipinski definition) is 3. The predicted molar refractivity (Wildman–Crippen MR) is 62.1 cm³/mol. The van der Waals surface area contributed by atoms with Crippen LogP contribution in [0.4, 0.5) is 0 Å². The fourth-order valence-electron chi connectivity index (χ4n) is 1.59. The van der Waals surface area contributed by atoms with E-state index in [0.29, 0.717) is 18.5 Å². The first-order valence-corrected chi connectivity index (χ1v) is 5.31. The monoisotopic (exact) mass is 220 g/mol. The Morgan fingerprint density at radius 1 is 1.31 bits per heavy atom. The molecule has 0 aliphatic rings. The van der Waals surface area contributed by atoms with Gasteiger partial charge in [0.15, 0.2) is 5.78 Å². The molecule has 0 N–H and O–H groups in total. The third kappa shape index (κ3) is 2.69. The number of ketones is 1. The molecule has 1 rings (SSSR count). The van der Waals surface area contributed by atoms with Crippen LogP contribution >= 0.6 is 0 Å². The molecule has 0 aliphatic carbocycles. The van der Waals surface area contributed by atoms with Crippen molar-refractivity contribution in [2.24, 2.45) is 0 Å². The molecule has 1 aromatic carbocycles. The molecule has 0 spiro atoms. The Labute approximate surface area is 95.4 Å². The van der Waals surface area contributed by atoms with Crippen LogP contribution < -0.4 is 4.74 Å². The number of benzene rings is 1. The van der Waals surface area contributed by atoms with Crippen LogP contribution in [0.1, 0.15) is 34.8 Å². The average molecular weight is 220 g/mol. The van der Waals surface area contributed by atoms with E-state index < -0.39 is 0 Å². The second kappa shape index (κ2) is 5.45. The fraction of sp³-hybridized carbons (Fsp3) is 0.385. The van der Waals surface area contributed by atoms with E-state index in [0.717, 1.165) is 16.9 Å². The van der Waals surface area contributed by atoms with Gasteiger partial charge in [0, 0.05) is 5.56 Å². The molecule has 0 radical (unpaired) electrons. The molecule has 0 heterocycles. The van der Waals surface area contributed by atoms with Gasteiger partial charge in [-0.1, -0.05) is 0 Å². The molecule has 0 amide bonds. The van der Waals surface area contributed by atoms with Crippen LogP contribution in [0.2, 0.25) is 0 Å². The van der Waals surface area contributed by atoms with E-state index in [9.17, 15) is 9.59 Å². The zero-order valence-electron chi connectivity index (χ0n) is 9.87. The summed E-state index contributed by atoms with van der Waals surface area (Å²) in [7, 11) is 0. The number of ether oxygens (including phenoxy) is 1.